The number of carbonyl (C=O) groups excluding carboxylic acids is 1. The molecule has 0 saturated heterocycles. The summed E-state index contributed by atoms with van der Waals surface area (Å²) in [5.41, 5.74) is -0.686. The minimum Gasteiger partial charge on any atom is -0.476 e. The van der Waals surface area contributed by atoms with E-state index in [0.29, 0.717) is 12.3 Å². The van der Waals surface area contributed by atoms with Crippen molar-refractivity contribution in [1.82, 2.24) is 0 Å². The third kappa shape index (κ3) is 4.93. The topological polar surface area (TPSA) is 39.9 Å². The van der Waals surface area contributed by atoms with Crippen molar-refractivity contribution in [3.8, 4) is 5.75 Å². The number of hydrogen-bond donors (Lipinski definition) is 0. The predicted molar refractivity (Wildman–Crippen MR) is 77.3 cm³/mol. The van der Waals surface area contributed by atoms with Crippen LogP contribution in [0.15, 0.2) is 24.3 Å². The van der Waals surface area contributed by atoms with Crippen LogP contribution in [0, 0.1) is 6.57 Å². The summed E-state index contributed by atoms with van der Waals surface area (Å²) in [5.74, 6) is 0.171. The fourth-order valence-electron chi connectivity index (χ4n) is 1.49. The van der Waals surface area contributed by atoms with Crippen LogP contribution in [0.1, 0.15) is 40.2 Å². The standard InChI is InChI=1S/C16H21NO3/c1-15(2,3)20-14(18)16(4,5)19-13-9-7-12(8-10-13)11-17-6/h7-10H,11H2,1-5H3. The molecule has 20 heavy (non-hydrogen) atoms. The van der Waals surface area contributed by atoms with Crippen LogP contribution >= 0.6 is 0 Å². The first-order valence-corrected chi connectivity index (χ1v) is 6.49. The van der Waals surface area contributed by atoms with Crippen LogP contribution in [0.2, 0.25) is 0 Å². The van der Waals surface area contributed by atoms with E-state index in [2.05, 4.69) is 4.85 Å². The molecular formula is C16H21NO3. The van der Waals surface area contributed by atoms with Crippen LogP contribution in [0.4, 0.5) is 0 Å². The molecular weight excluding hydrogens is 254 g/mol. The second-order valence-corrected chi connectivity index (χ2v) is 6.07. The van der Waals surface area contributed by atoms with Gasteiger partial charge in [-0.15, -0.1) is 0 Å². The molecule has 0 radical (unpaired) electrons. The van der Waals surface area contributed by atoms with Crippen molar-refractivity contribution in [1.29, 1.82) is 0 Å². The molecule has 0 aliphatic heterocycles. The zero-order valence-corrected chi connectivity index (χ0v) is 12.7. The van der Waals surface area contributed by atoms with Gasteiger partial charge in [-0.05, 0) is 58.9 Å². The summed E-state index contributed by atoms with van der Waals surface area (Å²) in [6, 6.07) is 7.15. The molecule has 0 saturated carbocycles. The van der Waals surface area contributed by atoms with Gasteiger partial charge < -0.3 is 14.3 Å². The van der Waals surface area contributed by atoms with E-state index in [1.165, 1.54) is 0 Å². The Morgan fingerprint density at radius 2 is 1.70 bits per heavy atom. The second kappa shape index (κ2) is 5.96. The highest BCUT2D eigenvalue weighted by molar-refractivity contribution is 5.79. The Bertz CT molecular complexity index is 504. The first kappa shape index (κ1) is 16.0. The molecule has 108 valence electrons. The largest absolute Gasteiger partial charge is 0.476 e. The summed E-state index contributed by atoms with van der Waals surface area (Å²) >= 11 is 0. The molecule has 0 N–H and O–H groups in total. The Hall–Kier alpha value is -2.02. The fraction of sp³-hybridized carbons (Fsp3) is 0.500. The summed E-state index contributed by atoms with van der Waals surface area (Å²) in [6.07, 6.45) is 0. The molecule has 0 aliphatic carbocycles. The van der Waals surface area contributed by atoms with Crippen LogP contribution in [0.3, 0.4) is 0 Å². The van der Waals surface area contributed by atoms with Gasteiger partial charge in [-0.25, -0.2) is 11.4 Å². The first-order chi connectivity index (χ1) is 9.14. The van der Waals surface area contributed by atoms with Gasteiger partial charge in [-0.2, -0.15) is 0 Å². The van der Waals surface area contributed by atoms with Crippen LogP contribution < -0.4 is 4.74 Å². The minimum absolute atomic E-state index is 0.343. The molecule has 1 aromatic carbocycles. The molecule has 0 amide bonds. The highest BCUT2D eigenvalue weighted by Crippen LogP contribution is 2.22. The van der Waals surface area contributed by atoms with E-state index in [9.17, 15) is 4.79 Å². The van der Waals surface area contributed by atoms with Gasteiger partial charge in [0.15, 0.2) is 5.60 Å². The molecule has 1 aromatic rings. The maximum atomic E-state index is 12.1. The predicted octanol–water partition coefficient (Wildman–Crippen LogP) is 3.60. The second-order valence-electron chi connectivity index (χ2n) is 6.07. The molecule has 0 spiro atoms. The van der Waals surface area contributed by atoms with E-state index >= 15 is 0 Å². The van der Waals surface area contributed by atoms with E-state index in [4.69, 9.17) is 16.0 Å². The summed E-state index contributed by atoms with van der Waals surface area (Å²) in [5, 5.41) is 0. The first-order valence-electron chi connectivity index (χ1n) is 6.49. The average molecular weight is 275 g/mol. The summed E-state index contributed by atoms with van der Waals surface area (Å²) in [7, 11) is 0. The number of carbonyl (C=O) groups is 1. The number of esters is 1. The molecule has 0 atom stereocenters. The molecule has 0 aromatic heterocycles. The number of hydrogen-bond acceptors (Lipinski definition) is 3. The minimum atomic E-state index is -1.06. The van der Waals surface area contributed by atoms with E-state index in [-0.39, 0.29) is 0 Å². The van der Waals surface area contributed by atoms with Crippen molar-refractivity contribution in [3.63, 3.8) is 0 Å². The van der Waals surface area contributed by atoms with E-state index < -0.39 is 17.2 Å². The molecule has 4 nitrogen and oxygen atoms in total. The van der Waals surface area contributed by atoms with Crippen molar-refractivity contribution in [2.24, 2.45) is 0 Å². The Morgan fingerprint density at radius 3 is 2.15 bits per heavy atom. The molecule has 4 heteroatoms. The third-order valence-corrected chi connectivity index (χ3v) is 2.45. The van der Waals surface area contributed by atoms with Crippen molar-refractivity contribution >= 4 is 5.97 Å². The molecule has 1 rings (SSSR count). The zero-order chi connectivity index (χ0) is 15.4. The summed E-state index contributed by atoms with van der Waals surface area (Å²) in [6.45, 7) is 16.0. The number of benzene rings is 1. The lowest BCUT2D eigenvalue weighted by Crippen LogP contribution is -2.43. The monoisotopic (exact) mass is 275 g/mol. The normalized spacial score (nSPS) is 11.6. The van der Waals surface area contributed by atoms with Gasteiger partial charge in [0.25, 0.3) is 0 Å². The highest BCUT2D eigenvalue weighted by atomic mass is 16.6. The van der Waals surface area contributed by atoms with Gasteiger partial charge in [-0.3, -0.25) is 0 Å². The lowest BCUT2D eigenvalue weighted by atomic mass is 10.1. The SMILES string of the molecule is [C-]#[N+]Cc1ccc(OC(C)(C)C(=O)OC(C)(C)C)cc1. The van der Waals surface area contributed by atoms with E-state index in [1.807, 2.05) is 32.9 Å². The highest BCUT2D eigenvalue weighted by Gasteiger charge is 2.34. The smallest absolute Gasteiger partial charge is 0.350 e. The maximum Gasteiger partial charge on any atom is 0.350 e. The zero-order valence-electron chi connectivity index (χ0n) is 12.7. The Balaban J connectivity index is 2.75. The van der Waals surface area contributed by atoms with Crippen molar-refractivity contribution in [3.05, 3.63) is 41.2 Å². The van der Waals surface area contributed by atoms with Gasteiger partial charge in [0.1, 0.15) is 11.4 Å². The lowest BCUT2D eigenvalue weighted by molar-refractivity contribution is -0.170. The van der Waals surface area contributed by atoms with E-state index in [1.54, 1.807) is 26.0 Å². The Labute approximate surface area is 120 Å². The fourth-order valence-corrected chi connectivity index (χ4v) is 1.49. The van der Waals surface area contributed by atoms with Crippen molar-refractivity contribution in [2.45, 2.75) is 52.4 Å². The quantitative estimate of drug-likeness (QED) is 0.622. The van der Waals surface area contributed by atoms with Gasteiger partial charge >= 0.3 is 5.97 Å². The Morgan fingerprint density at radius 1 is 1.15 bits per heavy atom. The van der Waals surface area contributed by atoms with E-state index in [0.717, 1.165) is 5.56 Å². The molecule has 0 aliphatic rings. The van der Waals surface area contributed by atoms with Gasteiger partial charge in [0, 0.05) is 5.56 Å². The van der Waals surface area contributed by atoms with Crippen molar-refractivity contribution < 1.29 is 14.3 Å². The summed E-state index contributed by atoms with van der Waals surface area (Å²) in [4.78, 5) is 15.4. The third-order valence-electron chi connectivity index (χ3n) is 2.45. The van der Waals surface area contributed by atoms with Crippen LogP contribution in [-0.2, 0) is 16.1 Å². The molecule has 0 fully saturated rings. The van der Waals surface area contributed by atoms with Gasteiger partial charge in [0.2, 0.25) is 6.54 Å². The maximum absolute atomic E-state index is 12.1. The molecule has 0 unspecified atom stereocenters. The van der Waals surface area contributed by atoms with Crippen LogP contribution in [0.25, 0.3) is 4.85 Å². The number of nitrogens with zero attached hydrogens (tertiary/aromatic N) is 1. The lowest BCUT2D eigenvalue weighted by Gasteiger charge is -2.29. The van der Waals surface area contributed by atoms with Crippen LogP contribution in [-0.4, -0.2) is 17.2 Å². The van der Waals surface area contributed by atoms with Crippen LogP contribution in [0.5, 0.6) is 5.75 Å². The summed E-state index contributed by atoms with van der Waals surface area (Å²) < 4.78 is 11.0. The molecule has 0 bridgehead atoms. The van der Waals surface area contributed by atoms with Crippen molar-refractivity contribution in [2.75, 3.05) is 0 Å². The number of ether oxygens (including phenoxy) is 2. The average Bonchev–Trinajstić information content (AvgIpc) is 2.29. The molecule has 0 heterocycles. The van der Waals surface area contributed by atoms with Gasteiger partial charge in [-0.1, -0.05) is 0 Å². The van der Waals surface area contributed by atoms with Gasteiger partial charge in [0.05, 0.1) is 0 Å². The number of rotatable bonds is 4. The Kier molecular flexibility index (Phi) is 4.78.